The van der Waals surface area contributed by atoms with Crippen LogP contribution in [-0.2, 0) is 4.79 Å². The highest BCUT2D eigenvalue weighted by Gasteiger charge is 2.36. The fraction of sp³-hybridized carbons (Fsp3) is 0.0588. The molecule has 0 aromatic heterocycles. The Hall–Kier alpha value is -1.95. The van der Waals surface area contributed by atoms with Crippen molar-refractivity contribution in [2.45, 2.75) is 0 Å². The van der Waals surface area contributed by atoms with Gasteiger partial charge in [0.15, 0.2) is 5.75 Å². The standard InChI is InChI=1S/C17H11Cl2NO3S/c1-23-15-12(18)7-10(8-13(15)19)9-14-16(21)20(17(22)24-14)11-5-3-2-4-6-11/h2-9H,1H3/b14-9-. The predicted octanol–water partition coefficient (Wildman–Crippen LogP) is 5.24. The molecule has 4 nitrogen and oxygen atoms in total. The first-order valence-corrected chi connectivity index (χ1v) is 8.44. The smallest absolute Gasteiger partial charge is 0.298 e. The van der Waals surface area contributed by atoms with Crippen LogP contribution in [0.5, 0.6) is 5.75 Å². The summed E-state index contributed by atoms with van der Waals surface area (Å²) < 4.78 is 5.09. The Morgan fingerprint density at radius 2 is 1.71 bits per heavy atom. The summed E-state index contributed by atoms with van der Waals surface area (Å²) in [6.45, 7) is 0. The van der Waals surface area contributed by atoms with E-state index in [1.165, 1.54) is 7.11 Å². The summed E-state index contributed by atoms with van der Waals surface area (Å²) in [5.41, 5.74) is 1.15. The molecule has 2 aromatic rings. The summed E-state index contributed by atoms with van der Waals surface area (Å²) in [5, 5.41) is 0.320. The number of hydrogen-bond donors (Lipinski definition) is 0. The van der Waals surface area contributed by atoms with Gasteiger partial charge in [-0.3, -0.25) is 9.59 Å². The number of methoxy groups -OCH3 is 1. The number of thioether (sulfide) groups is 1. The first-order valence-electron chi connectivity index (χ1n) is 6.87. The van der Waals surface area contributed by atoms with E-state index in [1.807, 2.05) is 6.07 Å². The van der Waals surface area contributed by atoms with E-state index in [2.05, 4.69) is 0 Å². The van der Waals surface area contributed by atoms with Gasteiger partial charge in [0.2, 0.25) is 0 Å². The van der Waals surface area contributed by atoms with Crippen molar-refractivity contribution in [3.05, 3.63) is 63.0 Å². The summed E-state index contributed by atoms with van der Waals surface area (Å²) in [4.78, 5) is 26.2. The summed E-state index contributed by atoms with van der Waals surface area (Å²) in [6, 6.07) is 12.0. The monoisotopic (exact) mass is 379 g/mol. The van der Waals surface area contributed by atoms with Gasteiger partial charge in [0, 0.05) is 0 Å². The number of imide groups is 1. The van der Waals surface area contributed by atoms with Gasteiger partial charge in [0.05, 0.1) is 27.7 Å². The van der Waals surface area contributed by atoms with Gasteiger partial charge in [-0.1, -0.05) is 41.4 Å². The van der Waals surface area contributed by atoms with E-state index in [1.54, 1.807) is 42.5 Å². The van der Waals surface area contributed by atoms with Crippen molar-refractivity contribution in [1.29, 1.82) is 0 Å². The number of nitrogens with zero attached hydrogens (tertiary/aromatic N) is 1. The number of para-hydroxylation sites is 1. The molecule has 0 atom stereocenters. The lowest BCUT2D eigenvalue weighted by atomic mass is 10.2. The molecule has 2 amide bonds. The maximum absolute atomic E-state index is 12.5. The Bertz CT molecular complexity index is 829. The third kappa shape index (κ3) is 3.15. The van der Waals surface area contributed by atoms with Crippen LogP contribution >= 0.6 is 35.0 Å². The normalized spacial score (nSPS) is 16.1. The quantitative estimate of drug-likeness (QED) is 0.683. The van der Waals surface area contributed by atoms with Crippen molar-refractivity contribution in [3.8, 4) is 5.75 Å². The van der Waals surface area contributed by atoms with Crippen molar-refractivity contribution in [2.75, 3.05) is 12.0 Å². The van der Waals surface area contributed by atoms with Gasteiger partial charge in [-0.15, -0.1) is 0 Å². The van der Waals surface area contributed by atoms with E-state index >= 15 is 0 Å². The number of carbonyl (C=O) groups excluding carboxylic acids is 2. The Kier molecular flexibility index (Phi) is 4.85. The number of anilines is 1. The predicted molar refractivity (Wildman–Crippen MR) is 97.9 cm³/mol. The molecule has 0 bridgehead atoms. The largest absolute Gasteiger partial charge is 0.494 e. The molecule has 7 heteroatoms. The summed E-state index contributed by atoms with van der Waals surface area (Å²) in [5.74, 6) is -0.00728. The molecule has 1 fully saturated rings. The van der Waals surface area contributed by atoms with E-state index in [0.717, 1.165) is 16.7 Å². The molecule has 0 radical (unpaired) electrons. The molecule has 0 spiro atoms. The molecule has 1 heterocycles. The van der Waals surface area contributed by atoms with Crippen molar-refractivity contribution >= 4 is 57.9 Å². The zero-order valence-electron chi connectivity index (χ0n) is 12.5. The van der Waals surface area contributed by atoms with Crippen LogP contribution in [0.4, 0.5) is 10.5 Å². The summed E-state index contributed by atoms with van der Waals surface area (Å²) in [7, 11) is 1.47. The lowest BCUT2D eigenvalue weighted by Crippen LogP contribution is -2.27. The second kappa shape index (κ2) is 6.89. The maximum atomic E-state index is 12.5. The highest BCUT2D eigenvalue weighted by atomic mass is 35.5. The average molecular weight is 380 g/mol. The van der Waals surface area contributed by atoms with Gasteiger partial charge in [-0.2, -0.15) is 0 Å². The lowest BCUT2D eigenvalue weighted by Gasteiger charge is -2.11. The van der Waals surface area contributed by atoms with Crippen molar-refractivity contribution in [1.82, 2.24) is 0 Å². The molecule has 0 saturated carbocycles. The van der Waals surface area contributed by atoms with Gasteiger partial charge in [0.25, 0.3) is 11.1 Å². The Morgan fingerprint density at radius 1 is 1.08 bits per heavy atom. The van der Waals surface area contributed by atoms with Crippen LogP contribution in [0.3, 0.4) is 0 Å². The maximum Gasteiger partial charge on any atom is 0.298 e. The third-order valence-corrected chi connectivity index (χ3v) is 4.76. The van der Waals surface area contributed by atoms with E-state index in [0.29, 0.717) is 32.0 Å². The Morgan fingerprint density at radius 3 is 2.29 bits per heavy atom. The third-order valence-electron chi connectivity index (χ3n) is 3.33. The number of ether oxygens (including phenoxy) is 1. The second-order valence-corrected chi connectivity index (χ2v) is 6.68. The molecule has 0 N–H and O–H groups in total. The number of rotatable bonds is 3. The first kappa shape index (κ1) is 16.9. The zero-order chi connectivity index (χ0) is 17.3. The topological polar surface area (TPSA) is 46.6 Å². The zero-order valence-corrected chi connectivity index (χ0v) is 14.8. The molecule has 2 aromatic carbocycles. The minimum Gasteiger partial charge on any atom is -0.494 e. The molecule has 0 aliphatic carbocycles. The van der Waals surface area contributed by atoms with Crippen molar-refractivity contribution in [3.63, 3.8) is 0 Å². The number of benzene rings is 2. The molecule has 3 rings (SSSR count). The van der Waals surface area contributed by atoms with Crippen LogP contribution in [0.2, 0.25) is 10.0 Å². The Labute approximate surface area is 153 Å². The van der Waals surface area contributed by atoms with Gasteiger partial charge in [-0.05, 0) is 47.7 Å². The van der Waals surface area contributed by atoms with Crippen LogP contribution in [0.25, 0.3) is 6.08 Å². The van der Waals surface area contributed by atoms with Gasteiger partial charge >= 0.3 is 0 Å². The number of halogens is 2. The van der Waals surface area contributed by atoms with Crippen molar-refractivity contribution in [2.24, 2.45) is 0 Å². The fourth-order valence-corrected chi connectivity index (χ4v) is 3.78. The van der Waals surface area contributed by atoms with Crippen molar-refractivity contribution < 1.29 is 14.3 Å². The summed E-state index contributed by atoms with van der Waals surface area (Å²) in [6.07, 6.45) is 1.59. The average Bonchev–Trinajstić information content (AvgIpc) is 2.82. The van der Waals surface area contributed by atoms with E-state index < -0.39 is 0 Å². The second-order valence-electron chi connectivity index (χ2n) is 4.87. The lowest BCUT2D eigenvalue weighted by molar-refractivity contribution is -0.113. The number of carbonyl (C=O) groups is 2. The molecule has 1 aliphatic rings. The molecule has 24 heavy (non-hydrogen) atoms. The molecule has 122 valence electrons. The molecule has 1 aliphatic heterocycles. The van der Waals surface area contributed by atoms with Crippen LogP contribution < -0.4 is 9.64 Å². The van der Waals surface area contributed by atoms with Gasteiger partial charge in [-0.25, -0.2) is 4.90 Å². The van der Waals surface area contributed by atoms with Gasteiger partial charge < -0.3 is 4.74 Å². The van der Waals surface area contributed by atoms with Gasteiger partial charge in [0.1, 0.15) is 0 Å². The van der Waals surface area contributed by atoms with Crippen LogP contribution in [0.15, 0.2) is 47.4 Å². The van der Waals surface area contributed by atoms with E-state index in [4.69, 9.17) is 27.9 Å². The fourth-order valence-electron chi connectivity index (χ4n) is 2.28. The number of amides is 2. The van der Waals surface area contributed by atoms with Crippen LogP contribution in [-0.4, -0.2) is 18.3 Å². The highest BCUT2D eigenvalue weighted by Crippen LogP contribution is 2.38. The Balaban J connectivity index is 1.95. The van der Waals surface area contributed by atoms with E-state index in [9.17, 15) is 9.59 Å². The number of hydrogen-bond acceptors (Lipinski definition) is 4. The molecule has 0 unspecified atom stereocenters. The highest BCUT2D eigenvalue weighted by molar-refractivity contribution is 8.19. The van der Waals surface area contributed by atoms with Crippen LogP contribution in [0.1, 0.15) is 5.56 Å². The van der Waals surface area contributed by atoms with E-state index in [-0.39, 0.29) is 11.1 Å². The summed E-state index contributed by atoms with van der Waals surface area (Å²) >= 11 is 13.1. The minimum absolute atomic E-state index is 0.307. The van der Waals surface area contributed by atoms with Crippen LogP contribution in [0, 0.1) is 0 Å². The molecular formula is C17H11Cl2NO3S. The molecule has 1 saturated heterocycles. The first-order chi connectivity index (χ1) is 11.5. The minimum atomic E-state index is -0.376. The molecular weight excluding hydrogens is 369 g/mol. The SMILES string of the molecule is COc1c(Cl)cc(/C=C2\SC(=O)N(c3ccccc3)C2=O)cc1Cl.